The third-order valence-electron chi connectivity index (χ3n) is 5.26. The van der Waals surface area contributed by atoms with E-state index < -0.39 is 17.0 Å². The zero-order valence-electron chi connectivity index (χ0n) is 16.2. The second kappa shape index (κ2) is 9.32. The molecule has 0 heterocycles. The van der Waals surface area contributed by atoms with Gasteiger partial charge in [-0.05, 0) is 85.5 Å². The number of urea groups is 1. The van der Waals surface area contributed by atoms with Gasteiger partial charge >= 0.3 is 6.03 Å². The van der Waals surface area contributed by atoms with Crippen molar-refractivity contribution in [3.8, 4) is 0 Å². The SMILES string of the molecule is CNCc1ccc(S(N)=O)cc1.NC(=O)Nc1c2c(cc3c1CCC3)CCC2. The second-order valence-electron chi connectivity index (χ2n) is 7.19. The van der Waals surface area contributed by atoms with Crippen molar-refractivity contribution >= 4 is 22.7 Å². The van der Waals surface area contributed by atoms with E-state index in [-0.39, 0.29) is 0 Å². The number of amides is 2. The summed E-state index contributed by atoms with van der Waals surface area (Å²) in [6.45, 7) is 0.817. The highest BCUT2D eigenvalue weighted by atomic mass is 32.2. The zero-order chi connectivity index (χ0) is 20.1. The van der Waals surface area contributed by atoms with Gasteiger partial charge in [0.25, 0.3) is 0 Å². The second-order valence-corrected chi connectivity index (χ2v) is 8.26. The van der Waals surface area contributed by atoms with Gasteiger partial charge in [0.1, 0.15) is 11.0 Å². The van der Waals surface area contributed by atoms with Crippen LogP contribution in [0.2, 0.25) is 0 Å². The average Bonchev–Trinajstić information content (AvgIpc) is 3.31. The number of fused-ring (bicyclic) bond motifs is 2. The van der Waals surface area contributed by atoms with E-state index in [2.05, 4.69) is 16.7 Å². The van der Waals surface area contributed by atoms with Crippen LogP contribution < -0.4 is 21.5 Å². The monoisotopic (exact) mass is 400 g/mol. The molecule has 7 heteroatoms. The molecule has 6 N–H and O–H groups in total. The summed E-state index contributed by atoms with van der Waals surface area (Å²) in [5, 5.41) is 11.1. The van der Waals surface area contributed by atoms with Gasteiger partial charge in [0, 0.05) is 12.2 Å². The molecule has 1 unspecified atom stereocenters. The minimum Gasteiger partial charge on any atom is -0.351 e. The molecule has 4 rings (SSSR count). The molecule has 0 aromatic heterocycles. The molecular formula is C21H28N4O2S. The smallest absolute Gasteiger partial charge is 0.316 e. The van der Waals surface area contributed by atoms with Crippen LogP contribution in [-0.2, 0) is 43.2 Å². The highest BCUT2D eigenvalue weighted by molar-refractivity contribution is 7.82. The van der Waals surface area contributed by atoms with Crippen LogP contribution in [-0.4, -0.2) is 17.3 Å². The van der Waals surface area contributed by atoms with Crippen molar-refractivity contribution < 1.29 is 9.00 Å². The number of aryl methyl sites for hydroxylation is 2. The van der Waals surface area contributed by atoms with Crippen molar-refractivity contribution in [3.05, 3.63) is 58.1 Å². The van der Waals surface area contributed by atoms with Crippen LogP contribution in [0.25, 0.3) is 0 Å². The number of primary amides is 1. The van der Waals surface area contributed by atoms with Gasteiger partial charge in [0.2, 0.25) is 0 Å². The molecule has 2 aliphatic carbocycles. The molecule has 0 aliphatic heterocycles. The molecule has 2 aromatic carbocycles. The molecule has 1 atom stereocenters. The number of rotatable bonds is 4. The van der Waals surface area contributed by atoms with Gasteiger partial charge < -0.3 is 16.4 Å². The van der Waals surface area contributed by atoms with E-state index in [1.807, 2.05) is 19.2 Å². The van der Waals surface area contributed by atoms with Gasteiger partial charge in [-0.3, -0.25) is 0 Å². The maximum Gasteiger partial charge on any atom is 0.316 e. The van der Waals surface area contributed by atoms with Crippen LogP contribution in [0.15, 0.2) is 35.2 Å². The first-order valence-corrected chi connectivity index (χ1v) is 10.8. The predicted molar refractivity (Wildman–Crippen MR) is 113 cm³/mol. The number of hydrogen-bond acceptors (Lipinski definition) is 3. The lowest BCUT2D eigenvalue weighted by Crippen LogP contribution is -2.21. The Bertz CT molecular complexity index is 849. The van der Waals surface area contributed by atoms with Crippen molar-refractivity contribution in [1.82, 2.24) is 5.32 Å². The lowest BCUT2D eigenvalue weighted by Gasteiger charge is -2.14. The normalized spacial score (nSPS) is 15.2. The van der Waals surface area contributed by atoms with Gasteiger partial charge in [0.15, 0.2) is 0 Å². The maximum absolute atomic E-state index is 11.1. The van der Waals surface area contributed by atoms with Gasteiger partial charge in [-0.25, -0.2) is 14.1 Å². The summed E-state index contributed by atoms with van der Waals surface area (Å²) in [7, 11) is 0.522. The van der Waals surface area contributed by atoms with E-state index in [1.54, 1.807) is 12.1 Å². The fourth-order valence-electron chi connectivity index (χ4n) is 4.04. The summed E-state index contributed by atoms with van der Waals surface area (Å²) in [6.07, 6.45) is 6.86. The summed E-state index contributed by atoms with van der Waals surface area (Å²) >= 11 is 0. The summed E-state index contributed by atoms with van der Waals surface area (Å²) in [6, 6.07) is 9.30. The van der Waals surface area contributed by atoms with Crippen molar-refractivity contribution in [2.75, 3.05) is 12.4 Å². The number of carbonyl (C=O) groups is 1. The molecule has 2 amide bonds. The molecule has 0 saturated carbocycles. The summed E-state index contributed by atoms with van der Waals surface area (Å²) in [5.41, 5.74) is 13.0. The standard InChI is InChI=1S/C13H16N2O.C8H12N2OS/c14-13(16)15-12-10-5-1-3-8(10)7-9-4-2-6-11(9)12;1-10-6-7-2-4-8(5-3-7)12(9)11/h7H,1-6H2,(H3,14,15,16);2-5,10H,6,9H2,1H3. The van der Waals surface area contributed by atoms with Crippen LogP contribution in [0.5, 0.6) is 0 Å². The van der Waals surface area contributed by atoms with E-state index >= 15 is 0 Å². The molecule has 0 radical (unpaired) electrons. The summed E-state index contributed by atoms with van der Waals surface area (Å²) in [5.74, 6) is 0. The Kier molecular flexibility index (Phi) is 6.83. The Balaban J connectivity index is 0.000000169. The number of nitrogens with one attached hydrogen (secondary N) is 2. The molecule has 0 spiro atoms. The minimum absolute atomic E-state index is 0.436. The molecule has 0 fully saturated rings. The van der Waals surface area contributed by atoms with Crippen LogP contribution >= 0.6 is 0 Å². The van der Waals surface area contributed by atoms with Crippen LogP contribution in [0.4, 0.5) is 10.5 Å². The Labute approximate surface area is 168 Å². The van der Waals surface area contributed by atoms with Gasteiger partial charge in [0.05, 0.1) is 4.90 Å². The number of carbonyl (C=O) groups excluding carboxylic acids is 1. The van der Waals surface area contributed by atoms with Gasteiger partial charge in [-0.2, -0.15) is 0 Å². The Morgan fingerprint density at radius 2 is 1.61 bits per heavy atom. The highest BCUT2D eigenvalue weighted by Crippen LogP contribution is 2.38. The van der Waals surface area contributed by atoms with E-state index in [9.17, 15) is 9.00 Å². The number of hydrogen-bond donors (Lipinski definition) is 4. The summed E-state index contributed by atoms with van der Waals surface area (Å²) in [4.78, 5) is 11.7. The van der Waals surface area contributed by atoms with E-state index in [1.165, 1.54) is 35.1 Å². The lowest BCUT2D eigenvalue weighted by molar-refractivity contribution is 0.259. The van der Waals surface area contributed by atoms with Crippen molar-refractivity contribution in [2.45, 2.75) is 50.0 Å². The molecule has 0 saturated heterocycles. The van der Waals surface area contributed by atoms with Crippen molar-refractivity contribution in [3.63, 3.8) is 0 Å². The highest BCUT2D eigenvalue weighted by Gasteiger charge is 2.24. The van der Waals surface area contributed by atoms with Crippen LogP contribution in [0, 0.1) is 0 Å². The molecule has 2 aromatic rings. The predicted octanol–water partition coefficient (Wildman–Crippen LogP) is 2.54. The maximum atomic E-state index is 11.1. The Hall–Kier alpha value is -2.22. The molecule has 28 heavy (non-hydrogen) atoms. The van der Waals surface area contributed by atoms with Crippen LogP contribution in [0.1, 0.15) is 40.7 Å². The van der Waals surface area contributed by atoms with E-state index in [0.717, 1.165) is 43.5 Å². The first-order valence-electron chi connectivity index (χ1n) is 9.62. The fraction of sp³-hybridized carbons (Fsp3) is 0.381. The number of nitrogens with two attached hydrogens (primary N) is 2. The first-order chi connectivity index (χ1) is 13.5. The Morgan fingerprint density at radius 1 is 1.04 bits per heavy atom. The summed E-state index contributed by atoms with van der Waals surface area (Å²) < 4.78 is 10.8. The molecule has 150 valence electrons. The number of benzene rings is 2. The van der Waals surface area contributed by atoms with E-state index in [0.29, 0.717) is 4.90 Å². The fourth-order valence-corrected chi connectivity index (χ4v) is 4.44. The molecule has 2 aliphatic rings. The minimum atomic E-state index is -1.36. The van der Waals surface area contributed by atoms with Crippen LogP contribution in [0.3, 0.4) is 0 Å². The first kappa shape index (κ1) is 20.5. The molecular weight excluding hydrogens is 372 g/mol. The quantitative estimate of drug-likeness (QED) is 0.633. The topological polar surface area (TPSA) is 110 Å². The number of anilines is 1. The average molecular weight is 401 g/mol. The molecule has 6 nitrogen and oxygen atoms in total. The zero-order valence-corrected chi connectivity index (χ0v) is 17.0. The van der Waals surface area contributed by atoms with Gasteiger partial charge in [-0.1, -0.05) is 18.2 Å². The molecule has 0 bridgehead atoms. The van der Waals surface area contributed by atoms with E-state index in [4.69, 9.17) is 10.9 Å². The van der Waals surface area contributed by atoms with Gasteiger partial charge in [-0.15, -0.1) is 0 Å². The van der Waals surface area contributed by atoms with Crippen molar-refractivity contribution in [2.24, 2.45) is 10.9 Å². The Morgan fingerprint density at radius 3 is 2.07 bits per heavy atom. The third kappa shape index (κ3) is 4.79. The lowest BCUT2D eigenvalue weighted by atomic mass is 9.99. The van der Waals surface area contributed by atoms with Crippen molar-refractivity contribution in [1.29, 1.82) is 0 Å². The largest absolute Gasteiger partial charge is 0.351 e. The third-order valence-corrected chi connectivity index (χ3v) is 5.99.